The number of benzene rings is 3. The lowest BCUT2D eigenvalue weighted by Crippen LogP contribution is -2.31. The zero-order valence-corrected chi connectivity index (χ0v) is 17.4. The molecular formula is C26H24N2O3. The van der Waals surface area contributed by atoms with E-state index in [2.05, 4.69) is 5.32 Å². The number of nitrogens with zero attached hydrogens (tertiary/aromatic N) is 1. The normalized spacial score (nSPS) is 13.6. The Morgan fingerprint density at radius 2 is 1.45 bits per heavy atom. The van der Waals surface area contributed by atoms with Crippen LogP contribution >= 0.6 is 0 Å². The molecule has 0 aromatic heterocycles. The van der Waals surface area contributed by atoms with Crippen LogP contribution in [0.15, 0.2) is 90.6 Å². The minimum Gasteiger partial charge on any atom is -0.494 e. The molecule has 2 amide bonds. The summed E-state index contributed by atoms with van der Waals surface area (Å²) in [5, 5.41) is 3.17. The summed E-state index contributed by atoms with van der Waals surface area (Å²) in [6, 6.07) is 26.2. The summed E-state index contributed by atoms with van der Waals surface area (Å²) >= 11 is 0. The second-order valence-electron chi connectivity index (χ2n) is 7.30. The molecule has 0 unspecified atom stereocenters. The number of amides is 2. The number of hydrogen-bond donors (Lipinski definition) is 1. The Hall–Kier alpha value is -3.86. The Bertz CT molecular complexity index is 1090. The van der Waals surface area contributed by atoms with Crippen molar-refractivity contribution in [3.63, 3.8) is 0 Å². The van der Waals surface area contributed by atoms with Crippen LogP contribution in [0.2, 0.25) is 0 Å². The van der Waals surface area contributed by atoms with Gasteiger partial charge in [0.05, 0.1) is 18.7 Å². The molecule has 0 saturated carbocycles. The van der Waals surface area contributed by atoms with Crippen LogP contribution in [0.4, 0.5) is 5.69 Å². The van der Waals surface area contributed by atoms with E-state index in [4.69, 9.17) is 4.74 Å². The number of carbonyl (C=O) groups is 2. The number of imide groups is 1. The van der Waals surface area contributed by atoms with E-state index in [1.165, 1.54) is 4.90 Å². The van der Waals surface area contributed by atoms with Crippen molar-refractivity contribution in [2.45, 2.75) is 19.9 Å². The van der Waals surface area contributed by atoms with Gasteiger partial charge in [0, 0.05) is 5.69 Å². The van der Waals surface area contributed by atoms with Crippen molar-refractivity contribution in [2.24, 2.45) is 0 Å². The van der Waals surface area contributed by atoms with Gasteiger partial charge in [-0.2, -0.15) is 0 Å². The number of para-hydroxylation sites is 1. The molecule has 156 valence electrons. The highest BCUT2D eigenvalue weighted by atomic mass is 16.5. The molecule has 0 aliphatic carbocycles. The van der Waals surface area contributed by atoms with Crippen LogP contribution in [0.3, 0.4) is 0 Å². The summed E-state index contributed by atoms with van der Waals surface area (Å²) in [6.07, 6.45) is 0.916. The van der Waals surface area contributed by atoms with Gasteiger partial charge in [0.25, 0.3) is 11.8 Å². The number of carbonyl (C=O) groups excluding carboxylic acids is 2. The first kappa shape index (κ1) is 20.4. The van der Waals surface area contributed by atoms with E-state index >= 15 is 0 Å². The average molecular weight is 412 g/mol. The Morgan fingerprint density at radius 3 is 2.10 bits per heavy atom. The number of anilines is 1. The second-order valence-corrected chi connectivity index (χ2v) is 7.30. The Morgan fingerprint density at radius 1 is 0.806 bits per heavy atom. The van der Waals surface area contributed by atoms with Gasteiger partial charge in [-0.25, -0.2) is 0 Å². The standard InChI is InChI=1S/C26H24N2O3/c1-2-17-31-22-15-13-20(14-16-22)23-24(27-21-11-7-4-8-12-21)26(30)28(25(23)29)18-19-9-5-3-6-10-19/h3-16,27H,2,17-18H2,1H3. The Balaban J connectivity index is 1.69. The molecular weight excluding hydrogens is 388 g/mol. The molecule has 31 heavy (non-hydrogen) atoms. The fourth-order valence-electron chi connectivity index (χ4n) is 3.47. The smallest absolute Gasteiger partial charge is 0.278 e. The molecule has 0 fully saturated rings. The molecule has 1 aliphatic heterocycles. The van der Waals surface area contributed by atoms with E-state index in [1.54, 1.807) is 0 Å². The molecule has 0 atom stereocenters. The third-order valence-corrected chi connectivity index (χ3v) is 5.01. The summed E-state index contributed by atoms with van der Waals surface area (Å²) in [6.45, 7) is 2.90. The lowest BCUT2D eigenvalue weighted by Gasteiger charge is -2.15. The molecule has 4 rings (SSSR count). The number of nitrogens with one attached hydrogen (secondary N) is 1. The van der Waals surface area contributed by atoms with Crippen molar-refractivity contribution in [3.05, 3.63) is 102 Å². The molecule has 0 bridgehead atoms. The van der Waals surface area contributed by atoms with Gasteiger partial charge < -0.3 is 10.1 Å². The molecule has 1 N–H and O–H groups in total. The summed E-state index contributed by atoms with van der Waals surface area (Å²) in [5.74, 6) is 0.0928. The maximum Gasteiger partial charge on any atom is 0.278 e. The number of ether oxygens (including phenoxy) is 1. The van der Waals surface area contributed by atoms with Crippen molar-refractivity contribution in [3.8, 4) is 5.75 Å². The lowest BCUT2D eigenvalue weighted by molar-refractivity contribution is -0.137. The monoisotopic (exact) mass is 412 g/mol. The molecule has 1 aliphatic rings. The average Bonchev–Trinajstić information content (AvgIpc) is 3.04. The van der Waals surface area contributed by atoms with E-state index < -0.39 is 0 Å². The Kier molecular flexibility index (Phi) is 6.13. The summed E-state index contributed by atoms with van der Waals surface area (Å²) in [5.41, 5.74) is 2.98. The fraction of sp³-hybridized carbons (Fsp3) is 0.154. The van der Waals surface area contributed by atoms with Gasteiger partial charge in [0.1, 0.15) is 11.4 Å². The van der Waals surface area contributed by atoms with Crippen molar-refractivity contribution >= 4 is 23.1 Å². The van der Waals surface area contributed by atoms with Gasteiger partial charge in [-0.3, -0.25) is 14.5 Å². The summed E-state index contributed by atoms with van der Waals surface area (Å²) in [4.78, 5) is 27.9. The summed E-state index contributed by atoms with van der Waals surface area (Å²) in [7, 11) is 0. The molecule has 3 aromatic carbocycles. The molecule has 5 nitrogen and oxygen atoms in total. The first-order chi connectivity index (χ1) is 15.2. The van der Waals surface area contributed by atoms with Crippen LogP contribution in [-0.4, -0.2) is 23.3 Å². The fourth-order valence-corrected chi connectivity index (χ4v) is 3.47. The molecule has 3 aromatic rings. The summed E-state index contributed by atoms with van der Waals surface area (Å²) < 4.78 is 5.65. The lowest BCUT2D eigenvalue weighted by atomic mass is 10.0. The quantitative estimate of drug-likeness (QED) is 0.537. The van der Waals surface area contributed by atoms with Crippen LogP contribution in [0, 0.1) is 0 Å². The molecule has 0 saturated heterocycles. The van der Waals surface area contributed by atoms with Gasteiger partial charge in [-0.1, -0.05) is 67.6 Å². The third kappa shape index (κ3) is 4.51. The SMILES string of the molecule is CCCOc1ccc(C2=C(Nc3ccccc3)C(=O)N(Cc3ccccc3)C2=O)cc1. The number of hydrogen-bond acceptors (Lipinski definition) is 4. The Labute approximate surface area is 182 Å². The van der Waals surface area contributed by atoms with Crippen LogP contribution < -0.4 is 10.1 Å². The topological polar surface area (TPSA) is 58.6 Å². The van der Waals surface area contributed by atoms with E-state index in [0.717, 1.165) is 23.4 Å². The largest absolute Gasteiger partial charge is 0.494 e. The molecule has 0 spiro atoms. The third-order valence-electron chi connectivity index (χ3n) is 5.01. The predicted molar refractivity (Wildman–Crippen MR) is 121 cm³/mol. The van der Waals surface area contributed by atoms with Crippen LogP contribution in [0.25, 0.3) is 5.57 Å². The zero-order valence-electron chi connectivity index (χ0n) is 17.4. The first-order valence-corrected chi connectivity index (χ1v) is 10.4. The van der Waals surface area contributed by atoms with Crippen molar-refractivity contribution < 1.29 is 14.3 Å². The van der Waals surface area contributed by atoms with Crippen molar-refractivity contribution in [2.75, 3.05) is 11.9 Å². The van der Waals surface area contributed by atoms with Crippen molar-refractivity contribution in [1.82, 2.24) is 4.90 Å². The van der Waals surface area contributed by atoms with Crippen LogP contribution in [0.1, 0.15) is 24.5 Å². The first-order valence-electron chi connectivity index (χ1n) is 10.4. The highest BCUT2D eigenvalue weighted by molar-refractivity contribution is 6.36. The molecule has 0 radical (unpaired) electrons. The maximum absolute atomic E-state index is 13.4. The number of rotatable bonds is 8. The highest BCUT2D eigenvalue weighted by Gasteiger charge is 2.39. The van der Waals surface area contributed by atoms with Gasteiger partial charge in [-0.15, -0.1) is 0 Å². The van der Waals surface area contributed by atoms with Crippen molar-refractivity contribution in [1.29, 1.82) is 0 Å². The van der Waals surface area contributed by atoms with Gasteiger partial charge in [0.2, 0.25) is 0 Å². The predicted octanol–water partition coefficient (Wildman–Crippen LogP) is 4.87. The van der Waals surface area contributed by atoms with Gasteiger partial charge >= 0.3 is 0 Å². The zero-order chi connectivity index (χ0) is 21.6. The van der Waals surface area contributed by atoms with E-state index in [1.807, 2.05) is 91.9 Å². The minimum absolute atomic E-state index is 0.222. The van der Waals surface area contributed by atoms with Gasteiger partial charge in [-0.05, 0) is 41.8 Å². The molecule has 5 heteroatoms. The van der Waals surface area contributed by atoms with Gasteiger partial charge in [0.15, 0.2) is 0 Å². The highest BCUT2D eigenvalue weighted by Crippen LogP contribution is 2.32. The van der Waals surface area contributed by atoms with Crippen LogP contribution in [-0.2, 0) is 16.1 Å². The van der Waals surface area contributed by atoms with E-state index in [0.29, 0.717) is 17.7 Å². The van der Waals surface area contributed by atoms with Crippen LogP contribution in [0.5, 0.6) is 5.75 Å². The second kappa shape index (κ2) is 9.30. The van der Waals surface area contributed by atoms with E-state index in [-0.39, 0.29) is 24.1 Å². The maximum atomic E-state index is 13.4. The minimum atomic E-state index is -0.334. The molecule has 1 heterocycles. The van der Waals surface area contributed by atoms with E-state index in [9.17, 15) is 9.59 Å².